The Labute approximate surface area is 259 Å². The lowest BCUT2D eigenvalue weighted by Crippen LogP contribution is -2.31. The van der Waals surface area contributed by atoms with Crippen molar-refractivity contribution in [2.75, 3.05) is 0 Å². The number of Topliss-reactive ketones (excluding diaryl/α,β-unsaturated/α-hetero) is 3. The highest BCUT2D eigenvalue weighted by Gasteiger charge is 2.25. The molecule has 0 amide bonds. The largest absolute Gasteiger partial charge is 0.433 e. The van der Waals surface area contributed by atoms with Gasteiger partial charge in [0, 0.05) is 19.3 Å². The van der Waals surface area contributed by atoms with Gasteiger partial charge in [0.15, 0.2) is 5.89 Å². The van der Waals surface area contributed by atoms with Crippen molar-refractivity contribution in [3.8, 4) is 0 Å². The number of H-pyrrole nitrogens is 1. The number of imidazole rings is 1. The van der Waals surface area contributed by atoms with Crippen molar-refractivity contribution in [2.45, 2.75) is 58.2 Å². The van der Waals surface area contributed by atoms with Gasteiger partial charge in [-0.15, -0.1) is 11.3 Å². The third-order valence-electron chi connectivity index (χ3n) is 5.35. The van der Waals surface area contributed by atoms with E-state index in [4.69, 9.17) is 51.0 Å². The van der Waals surface area contributed by atoms with Crippen LogP contribution in [0.15, 0.2) is 23.0 Å². The molecule has 0 aliphatic carbocycles. The van der Waals surface area contributed by atoms with Gasteiger partial charge in [-0.2, -0.15) is 0 Å². The SMILES string of the molecule is CC(=O)[C@@H](N)Cc1ncc(P(=O)(O)O)[nH]1.CC(=O)[C@@H](N)Cc1ncc(P(=O)(O)O)o1.CC(=O)[C@@H](N)Cc1ncc(P(=O)(O)O)s1. The number of thiazole rings is 1. The second-order valence-corrected chi connectivity index (χ2v) is 15.4. The monoisotopic (exact) mass is 717 g/mol. The minimum atomic E-state index is -4.42. The molecular weight excluding hydrogens is 683 g/mol. The maximum atomic E-state index is 10.9. The number of nitrogens with zero attached hydrogens (tertiary/aromatic N) is 3. The predicted molar refractivity (Wildman–Crippen MR) is 159 cm³/mol. The van der Waals surface area contributed by atoms with Crippen LogP contribution < -0.4 is 32.8 Å². The van der Waals surface area contributed by atoms with E-state index in [9.17, 15) is 28.1 Å². The number of aromatic amines is 1. The van der Waals surface area contributed by atoms with E-state index in [2.05, 4.69) is 19.9 Å². The molecule has 0 spiro atoms. The molecule has 0 fully saturated rings. The molecule has 45 heavy (non-hydrogen) atoms. The maximum Gasteiger partial charge on any atom is 0.392 e. The molecule has 3 aromatic rings. The second kappa shape index (κ2) is 16.8. The highest BCUT2D eigenvalue weighted by molar-refractivity contribution is 7.67. The predicted octanol–water partition coefficient (Wildman–Crippen LogP) is -2.99. The van der Waals surface area contributed by atoms with Crippen molar-refractivity contribution in [2.24, 2.45) is 17.2 Å². The first-order chi connectivity index (χ1) is 20.4. The highest BCUT2D eigenvalue weighted by Crippen LogP contribution is 2.35. The minimum absolute atomic E-state index is 0.0231. The zero-order valence-corrected chi connectivity index (χ0v) is 27.4. The average molecular weight is 718 g/mol. The maximum absolute atomic E-state index is 10.9. The lowest BCUT2D eigenvalue weighted by Gasteiger charge is -2.04. The van der Waals surface area contributed by atoms with Crippen LogP contribution in [-0.4, -0.2) is 84.8 Å². The fourth-order valence-electron chi connectivity index (χ4n) is 2.68. The van der Waals surface area contributed by atoms with Gasteiger partial charge >= 0.3 is 22.8 Å². The number of hydrogen-bond donors (Lipinski definition) is 10. The molecule has 0 saturated heterocycles. The summed E-state index contributed by atoms with van der Waals surface area (Å²) >= 11 is 0.879. The molecule has 0 radical (unpaired) electrons. The van der Waals surface area contributed by atoms with Gasteiger partial charge in [-0.25, -0.2) is 15.0 Å². The van der Waals surface area contributed by atoms with E-state index in [1.165, 1.54) is 20.8 Å². The van der Waals surface area contributed by atoms with Gasteiger partial charge in [-0.3, -0.25) is 28.1 Å². The van der Waals surface area contributed by atoms with Gasteiger partial charge in [-0.05, 0) is 20.8 Å². The molecule has 0 saturated carbocycles. The average Bonchev–Trinajstić information content (AvgIpc) is 3.65. The first-order valence-electron chi connectivity index (χ1n) is 12.3. The van der Waals surface area contributed by atoms with Crippen LogP contribution >= 0.6 is 34.1 Å². The van der Waals surface area contributed by atoms with Crippen molar-refractivity contribution in [3.63, 3.8) is 0 Å². The number of ketones is 3. The number of aromatic nitrogens is 4. The van der Waals surface area contributed by atoms with Crippen molar-refractivity contribution < 1.29 is 61.9 Å². The Kier molecular flexibility index (Phi) is 15.1. The Morgan fingerprint density at radius 1 is 0.756 bits per heavy atom. The Balaban J connectivity index is 0.000000337. The summed E-state index contributed by atoms with van der Waals surface area (Å²) in [6.07, 6.45) is 3.46. The topological polar surface area (TPSA) is 369 Å². The van der Waals surface area contributed by atoms with E-state index in [0.29, 0.717) is 5.01 Å². The van der Waals surface area contributed by atoms with Gasteiger partial charge in [0.1, 0.15) is 33.2 Å². The summed E-state index contributed by atoms with van der Waals surface area (Å²) in [7, 11) is -13.0. The fraction of sp³-hybridized carbons (Fsp3) is 0.429. The molecule has 0 aliphatic heterocycles. The van der Waals surface area contributed by atoms with Crippen LogP contribution in [0.5, 0.6) is 0 Å². The van der Waals surface area contributed by atoms with Gasteiger partial charge < -0.3 is 56.0 Å². The molecule has 3 rings (SSSR count). The lowest BCUT2D eigenvalue weighted by molar-refractivity contribution is -0.119. The summed E-state index contributed by atoms with van der Waals surface area (Å²) in [5.41, 5.74) is 15.6. The van der Waals surface area contributed by atoms with Gasteiger partial charge in [-0.1, -0.05) is 0 Å². The normalized spacial score (nSPS) is 13.9. The van der Waals surface area contributed by atoms with Crippen LogP contribution in [0.2, 0.25) is 0 Å². The van der Waals surface area contributed by atoms with E-state index in [-0.39, 0.29) is 58.4 Å². The third-order valence-corrected chi connectivity index (χ3v) is 9.49. The summed E-state index contributed by atoms with van der Waals surface area (Å²) in [6, 6.07) is -2.14. The van der Waals surface area contributed by atoms with E-state index in [0.717, 1.165) is 29.9 Å². The second-order valence-electron chi connectivity index (χ2n) is 9.30. The van der Waals surface area contributed by atoms with Crippen molar-refractivity contribution in [1.82, 2.24) is 19.9 Å². The van der Waals surface area contributed by atoms with Crippen LogP contribution in [0.25, 0.3) is 0 Å². The van der Waals surface area contributed by atoms with Crippen LogP contribution in [0, 0.1) is 0 Å². The number of hydrogen-bond acceptors (Lipinski definition) is 14. The molecule has 0 aromatic carbocycles. The number of carbonyl (C=O) groups is 3. The van der Waals surface area contributed by atoms with E-state index in [1.807, 2.05) is 0 Å². The summed E-state index contributed by atoms with van der Waals surface area (Å²) < 4.78 is 37.0. The fourth-order valence-corrected chi connectivity index (χ4v) is 5.31. The Bertz CT molecular complexity index is 1420. The molecule has 3 atom stereocenters. The van der Waals surface area contributed by atoms with Crippen LogP contribution in [0.1, 0.15) is 37.5 Å². The number of carbonyl (C=O) groups excluding carboxylic acids is 3. The minimum Gasteiger partial charge on any atom is -0.433 e. The zero-order chi connectivity index (χ0) is 34.9. The van der Waals surface area contributed by atoms with Gasteiger partial charge in [0.05, 0.1) is 41.7 Å². The van der Waals surface area contributed by atoms with E-state index in [1.54, 1.807) is 0 Å². The molecule has 24 heteroatoms. The number of rotatable bonds is 12. The Hall–Kier alpha value is -2.61. The number of oxazole rings is 1. The molecule has 0 bridgehead atoms. The quantitative estimate of drug-likeness (QED) is 0.0835. The molecule has 0 aliphatic rings. The highest BCUT2D eigenvalue weighted by atomic mass is 32.1. The van der Waals surface area contributed by atoms with Crippen LogP contribution in [0.3, 0.4) is 0 Å². The van der Waals surface area contributed by atoms with Crippen LogP contribution in [-0.2, 0) is 47.3 Å². The van der Waals surface area contributed by atoms with Crippen molar-refractivity contribution >= 4 is 67.0 Å². The molecule has 252 valence electrons. The first-order valence-corrected chi connectivity index (χ1v) is 18.0. The van der Waals surface area contributed by atoms with Gasteiger partial charge in [0.25, 0.3) is 0 Å². The molecule has 20 nitrogen and oxygen atoms in total. The molecule has 3 heterocycles. The van der Waals surface area contributed by atoms with E-state index < -0.39 is 46.4 Å². The van der Waals surface area contributed by atoms with Gasteiger partial charge in [0.2, 0.25) is 5.50 Å². The number of nitrogens with one attached hydrogen (secondary N) is 1. The number of nitrogens with two attached hydrogens (primary N) is 3. The molecule has 13 N–H and O–H groups in total. The Morgan fingerprint density at radius 3 is 1.67 bits per heavy atom. The first kappa shape index (κ1) is 40.4. The standard InChI is InChI=1S/C7H12N3O4P.C7H11N2O5P.C7H11N2O4PS/c1-4(11)5(8)2-6-9-3-7(10-6)15(12,13)14;1-4(10)5(8)2-6-9-3-7(14-6)15(11,12)13;1-4(10)5(8)2-6-9-3-7(15-6)14(11,12)13/h3,5H,2,8H2,1H3,(H,9,10)(H2,12,13,14);2*3,5H,2,8H2,1H3,(H2,11,12,13)/t3*5-/m000/s1. The molecular formula is C21H34N7O13P3S. The molecule has 0 unspecified atom stereocenters. The smallest absolute Gasteiger partial charge is 0.392 e. The molecule has 3 aromatic heterocycles. The van der Waals surface area contributed by atoms with E-state index >= 15 is 0 Å². The lowest BCUT2D eigenvalue weighted by atomic mass is 10.1. The summed E-state index contributed by atoms with van der Waals surface area (Å²) in [5.74, 6) is -0.301. The summed E-state index contributed by atoms with van der Waals surface area (Å²) in [5, 5.41) is 0.455. The third kappa shape index (κ3) is 14.6. The summed E-state index contributed by atoms with van der Waals surface area (Å²) in [4.78, 5) is 98.7. The van der Waals surface area contributed by atoms with Crippen molar-refractivity contribution in [1.29, 1.82) is 0 Å². The summed E-state index contributed by atoms with van der Waals surface area (Å²) in [6.45, 7) is 4.02. The zero-order valence-electron chi connectivity index (χ0n) is 24.0. The Morgan fingerprint density at radius 2 is 1.27 bits per heavy atom. The van der Waals surface area contributed by atoms with Crippen molar-refractivity contribution in [3.05, 3.63) is 35.3 Å². The van der Waals surface area contributed by atoms with Crippen LogP contribution in [0.4, 0.5) is 0 Å².